The first-order chi connectivity index (χ1) is 10.7. The van der Waals surface area contributed by atoms with Crippen molar-refractivity contribution in [2.45, 2.75) is 19.0 Å². The summed E-state index contributed by atoms with van der Waals surface area (Å²) in [6.45, 7) is 3.25. The third kappa shape index (κ3) is 2.19. The molecular formula is C18H22N4. The van der Waals surface area contributed by atoms with Crippen molar-refractivity contribution in [2.24, 2.45) is 0 Å². The Morgan fingerprint density at radius 1 is 1.23 bits per heavy atom. The molecule has 4 heteroatoms. The van der Waals surface area contributed by atoms with E-state index in [4.69, 9.17) is 0 Å². The number of fused-ring (bicyclic) bond motifs is 4. The molecule has 0 N–H and O–H groups in total. The van der Waals surface area contributed by atoms with Crippen molar-refractivity contribution >= 4 is 17.1 Å². The van der Waals surface area contributed by atoms with Crippen molar-refractivity contribution < 1.29 is 0 Å². The summed E-state index contributed by atoms with van der Waals surface area (Å²) in [5.41, 5.74) is 5.26. The predicted octanol–water partition coefficient (Wildman–Crippen LogP) is 2.75. The summed E-state index contributed by atoms with van der Waals surface area (Å²) >= 11 is 0. The van der Waals surface area contributed by atoms with E-state index in [9.17, 15) is 0 Å². The highest BCUT2D eigenvalue weighted by molar-refractivity contribution is 5.74. The van der Waals surface area contributed by atoms with Crippen molar-refractivity contribution in [3.63, 3.8) is 0 Å². The molecule has 114 valence electrons. The van der Waals surface area contributed by atoms with E-state index in [0.29, 0.717) is 6.04 Å². The van der Waals surface area contributed by atoms with Crippen LogP contribution in [0.2, 0.25) is 0 Å². The molecule has 3 heterocycles. The summed E-state index contributed by atoms with van der Waals surface area (Å²) in [5, 5.41) is 0. The topological polar surface area (TPSA) is 22.6 Å². The zero-order chi connectivity index (χ0) is 15.1. The van der Waals surface area contributed by atoms with Gasteiger partial charge in [0.15, 0.2) is 0 Å². The minimum Gasteiger partial charge on any atom is -0.378 e. The summed E-state index contributed by atoms with van der Waals surface area (Å²) in [7, 11) is 4.19. The number of anilines is 3. The standard InChI is InChI=1S/C18H22N4/c1-20(2)15-5-3-4-14(10-15)12-22-16-7-9-21(13-16)18-11-19-8-6-17(18)22/h3-6,8,10-11,16H,7,9,12-13H2,1-2H3. The molecule has 1 aromatic heterocycles. The van der Waals surface area contributed by atoms with Crippen molar-refractivity contribution in [1.29, 1.82) is 0 Å². The number of aromatic nitrogens is 1. The van der Waals surface area contributed by atoms with Crippen molar-refractivity contribution in [1.82, 2.24) is 4.98 Å². The van der Waals surface area contributed by atoms with Crippen LogP contribution in [0.1, 0.15) is 12.0 Å². The minimum atomic E-state index is 0.623. The smallest absolute Gasteiger partial charge is 0.0791 e. The summed E-state index contributed by atoms with van der Waals surface area (Å²) in [5.74, 6) is 0. The van der Waals surface area contributed by atoms with E-state index < -0.39 is 0 Å². The number of hydrogen-bond donors (Lipinski definition) is 0. The molecule has 0 radical (unpaired) electrons. The second-order valence-corrected chi connectivity index (χ2v) is 6.45. The molecule has 22 heavy (non-hydrogen) atoms. The Morgan fingerprint density at radius 3 is 3.00 bits per heavy atom. The fourth-order valence-corrected chi connectivity index (χ4v) is 3.62. The largest absolute Gasteiger partial charge is 0.378 e. The first-order valence-corrected chi connectivity index (χ1v) is 7.94. The Bertz CT molecular complexity index is 682. The van der Waals surface area contributed by atoms with E-state index in [0.717, 1.165) is 19.6 Å². The molecule has 1 fully saturated rings. The lowest BCUT2D eigenvalue weighted by Gasteiger charge is -2.38. The van der Waals surface area contributed by atoms with Gasteiger partial charge in [0, 0.05) is 51.7 Å². The van der Waals surface area contributed by atoms with Crippen LogP contribution in [0.5, 0.6) is 0 Å². The molecule has 1 unspecified atom stereocenters. The molecule has 2 aromatic rings. The van der Waals surface area contributed by atoms with E-state index in [-0.39, 0.29) is 0 Å². The van der Waals surface area contributed by atoms with Gasteiger partial charge in [0.1, 0.15) is 0 Å². The zero-order valence-corrected chi connectivity index (χ0v) is 13.2. The molecule has 0 spiro atoms. The van der Waals surface area contributed by atoms with Gasteiger partial charge in [-0.25, -0.2) is 0 Å². The van der Waals surface area contributed by atoms with Crippen LogP contribution >= 0.6 is 0 Å². The molecule has 2 aliphatic heterocycles. The molecule has 4 nitrogen and oxygen atoms in total. The maximum absolute atomic E-state index is 4.32. The van der Waals surface area contributed by atoms with Gasteiger partial charge in [-0.2, -0.15) is 0 Å². The van der Waals surface area contributed by atoms with E-state index in [1.807, 2.05) is 12.4 Å². The van der Waals surface area contributed by atoms with Gasteiger partial charge in [0.25, 0.3) is 0 Å². The van der Waals surface area contributed by atoms with Gasteiger partial charge in [-0.3, -0.25) is 4.98 Å². The molecule has 1 atom stereocenters. The molecule has 4 rings (SSSR count). The van der Waals surface area contributed by atoms with Gasteiger partial charge in [-0.15, -0.1) is 0 Å². The first kappa shape index (κ1) is 13.4. The maximum Gasteiger partial charge on any atom is 0.0791 e. The second kappa shape index (κ2) is 5.20. The highest BCUT2D eigenvalue weighted by atomic mass is 15.3. The van der Waals surface area contributed by atoms with Crippen LogP contribution in [0.15, 0.2) is 42.7 Å². The van der Waals surface area contributed by atoms with E-state index in [1.165, 1.54) is 29.0 Å². The van der Waals surface area contributed by atoms with Gasteiger partial charge in [-0.05, 0) is 30.2 Å². The highest BCUT2D eigenvalue weighted by Gasteiger charge is 2.35. The van der Waals surface area contributed by atoms with E-state index in [1.54, 1.807) is 0 Å². The normalized spacial score (nSPS) is 19.3. The Hall–Kier alpha value is -2.23. The Labute approximate surface area is 132 Å². The predicted molar refractivity (Wildman–Crippen MR) is 91.8 cm³/mol. The van der Waals surface area contributed by atoms with Gasteiger partial charge < -0.3 is 14.7 Å². The highest BCUT2D eigenvalue weighted by Crippen LogP contribution is 2.40. The Kier molecular flexibility index (Phi) is 3.17. The van der Waals surface area contributed by atoms with Crippen molar-refractivity contribution in [3.8, 4) is 0 Å². The molecule has 0 amide bonds. The number of rotatable bonds is 3. The fourth-order valence-electron chi connectivity index (χ4n) is 3.62. The second-order valence-electron chi connectivity index (χ2n) is 6.45. The van der Waals surface area contributed by atoms with Crippen LogP contribution in [0, 0.1) is 0 Å². The van der Waals surface area contributed by atoms with Crippen LogP contribution < -0.4 is 14.7 Å². The van der Waals surface area contributed by atoms with Crippen LogP contribution in [0.25, 0.3) is 0 Å². The van der Waals surface area contributed by atoms with Gasteiger partial charge >= 0.3 is 0 Å². The lowest BCUT2D eigenvalue weighted by Crippen LogP contribution is -2.41. The molecule has 1 aromatic carbocycles. The minimum absolute atomic E-state index is 0.623. The SMILES string of the molecule is CN(C)c1cccc(CN2c3ccncc3N3CCC2C3)c1. The number of pyridine rings is 1. The summed E-state index contributed by atoms with van der Waals surface area (Å²) in [6.07, 6.45) is 5.16. The number of benzene rings is 1. The third-order valence-electron chi connectivity index (χ3n) is 4.81. The van der Waals surface area contributed by atoms with Crippen molar-refractivity contribution in [3.05, 3.63) is 48.3 Å². The van der Waals surface area contributed by atoms with Crippen LogP contribution in [-0.2, 0) is 6.54 Å². The molecule has 0 aliphatic carbocycles. The van der Waals surface area contributed by atoms with Gasteiger partial charge in [0.2, 0.25) is 0 Å². The fraction of sp³-hybridized carbons (Fsp3) is 0.389. The maximum atomic E-state index is 4.32. The van der Waals surface area contributed by atoms with Crippen LogP contribution in [-0.4, -0.2) is 38.2 Å². The first-order valence-electron chi connectivity index (χ1n) is 7.94. The van der Waals surface area contributed by atoms with E-state index in [2.05, 4.69) is 64.1 Å². The molecule has 0 saturated carbocycles. The average Bonchev–Trinajstić information content (AvgIpc) is 2.97. The average molecular weight is 294 g/mol. The summed E-state index contributed by atoms with van der Waals surface area (Å²) < 4.78 is 0. The molecular weight excluding hydrogens is 272 g/mol. The van der Waals surface area contributed by atoms with Crippen molar-refractivity contribution in [2.75, 3.05) is 41.9 Å². The Balaban J connectivity index is 1.67. The summed E-state index contributed by atoms with van der Waals surface area (Å²) in [4.78, 5) is 11.5. The number of hydrogen-bond acceptors (Lipinski definition) is 4. The zero-order valence-electron chi connectivity index (χ0n) is 13.2. The van der Waals surface area contributed by atoms with Gasteiger partial charge in [0.05, 0.1) is 17.6 Å². The summed E-state index contributed by atoms with van der Waals surface area (Å²) in [6, 6.07) is 11.6. The number of nitrogens with zero attached hydrogens (tertiary/aromatic N) is 4. The monoisotopic (exact) mass is 294 g/mol. The Morgan fingerprint density at radius 2 is 2.14 bits per heavy atom. The van der Waals surface area contributed by atoms with E-state index >= 15 is 0 Å². The molecule has 2 aliphatic rings. The third-order valence-corrected chi connectivity index (χ3v) is 4.81. The van der Waals surface area contributed by atoms with Gasteiger partial charge in [-0.1, -0.05) is 12.1 Å². The quantitative estimate of drug-likeness (QED) is 0.868. The van der Waals surface area contributed by atoms with Crippen LogP contribution in [0.3, 0.4) is 0 Å². The molecule has 2 bridgehead atoms. The van der Waals surface area contributed by atoms with Crippen LogP contribution in [0.4, 0.5) is 17.1 Å². The molecule has 1 saturated heterocycles. The lowest BCUT2D eigenvalue weighted by atomic mass is 10.1. The lowest BCUT2D eigenvalue weighted by molar-refractivity contribution is 0.626.